The minimum Gasteiger partial charge on any atom is -0.483 e. The van der Waals surface area contributed by atoms with E-state index in [4.69, 9.17) is 4.74 Å². The van der Waals surface area contributed by atoms with Gasteiger partial charge in [0.1, 0.15) is 17.4 Å². The maximum atomic E-state index is 13.2. The van der Waals surface area contributed by atoms with Crippen LogP contribution in [0.3, 0.4) is 0 Å². The molecule has 0 aliphatic carbocycles. The summed E-state index contributed by atoms with van der Waals surface area (Å²) in [6.45, 7) is 4.14. The van der Waals surface area contributed by atoms with E-state index >= 15 is 0 Å². The molecular weight excluding hydrogens is 343 g/mol. The molecule has 1 aromatic heterocycles. The zero-order valence-electron chi connectivity index (χ0n) is 15.4. The van der Waals surface area contributed by atoms with Crippen molar-refractivity contribution < 1.29 is 13.9 Å². The van der Waals surface area contributed by atoms with E-state index in [0.717, 1.165) is 16.7 Å². The van der Waals surface area contributed by atoms with Crippen LogP contribution >= 0.6 is 0 Å². The molecule has 27 heavy (non-hydrogen) atoms. The number of aromatic nitrogens is 1. The molecule has 0 aliphatic rings. The molecule has 0 saturated heterocycles. The molecule has 0 fully saturated rings. The molecule has 138 valence electrons. The summed E-state index contributed by atoms with van der Waals surface area (Å²) in [4.78, 5) is 18.7. The number of hydrogen-bond acceptors (Lipinski definition) is 3. The summed E-state index contributed by atoms with van der Waals surface area (Å²) >= 11 is 0. The van der Waals surface area contributed by atoms with E-state index in [2.05, 4.69) is 4.98 Å². The molecule has 1 amide bonds. The first-order chi connectivity index (χ1) is 13.0. The van der Waals surface area contributed by atoms with Crippen LogP contribution in [0.25, 0.3) is 0 Å². The summed E-state index contributed by atoms with van der Waals surface area (Å²) in [5.74, 6) is 0.675. The monoisotopic (exact) mass is 364 g/mol. The molecule has 0 aliphatic heterocycles. The molecular formula is C22H21FN2O2. The zero-order valence-corrected chi connectivity index (χ0v) is 15.4. The lowest BCUT2D eigenvalue weighted by atomic mass is 10.1. The fraction of sp³-hybridized carbons (Fsp3) is 0.182. The number of carbonyl (C=O) groups is 1. The van der Waals surface area contributed by atoms with Crippen LogP contribution < -0.4 is 9.64 Å². The summed E-state index contributed by atoms with van der Waals surface area (Å²) < 4.78 is 18.9. The van der Waals surface area contributed by atoms with Crippen LogP contribution in [0, 0.1) is 19.7 Å². The molecule has 0 radical (unpaired) electrons. The minimum absolute atomic E-state index is 0.109. The van der Waals surface area contributed by atoms with Gasteiger partial charge in [0.05, 0.1) is 6.54 Å². The fourth-order valence-electron chi connectivity index (χ4n) is 2.68. The number of nitrogens with zero attached hydrogens (tertiary/aromatic N) is 2. The average molecular weight is 364 g/mol. The number of hydrogen-bond donors (Lipinski definition) is 0. The molecule has 0 unspecified atom stereocenters. The van der Waals surface area contributed by atoms with Crippen molar-refractivity contribution in [3.05, 3.63) is 89.4 Å². The Morgan fingerprint density at radius 3 is 2.52 bits per heavy atom. The van der Waals surface area contributed by atoms with Crippen LogP contribution in [0.15, 0.2) is 66.9 Å². The van der Waals surface area contributed by atoms with E-state index in [1.54, 1.807) is 35.4 Å². The first-order valence-electron chi connectivity index (χ1n) is 8.69. The summed E-state index contributed by atoms with van der Waals surface area (Å²) in [6.07, 6.45) is 1.63. The first-order valence-corrected chi connectivity index (χ1v) is 8.69. The van der Waals surface area contributed by atoms with Gasteiger partial charge in [-0.1, -0.05) is 30.3 Å². The largest absolute Gasteiger partial charge is 0.483 e. The second kappa shape index (κ2) is 8.45. The second-order valence-electron chi connectivity index (χ2n) is 6.28. The van der Waals surface area contributed by atoms with Crippen LogP contribution in [-0.4, -0.2) is 17.5 Å². The Morgan fingerprint density at radius 1 is 1.04 bits per heavy atom. The van der Waals surface area contributed by atoms with Crippen molar-refractivity contribution >= 4 is 11.7 Å². The van der Waals surface area contributed by atoms with Gasteiger partial charge in [-0.15, -0.1) is 0 Å². The summed E-state index contributed by atoms with van der Waals surface area (Å²) in [5.41, 5.74) is 2.92. The van der Waals surface area contributed by atoms with Crippen molar-refractivity contribution in [2.45, 2.75) is 20.4 Å². The van der Waals surface area contributed by atoms with E-state index in [1.807, 2.05) is 38.1 Å². The number of amides is 1. The number of pyridine rings is 1. The third-order valence-electron chi connectivity index (χ3n) is 4.39. The van der Waals surface area contributed by atoms with Gasteiger partial charge in [0.15, 0.2) is 6.61 Å². The Morgan fingerprint density at radius 2 is 1.81 bits per heavy atom. The standard InChI is InChI=1S/C22H21FN2O2/c1-16-6-5-7-20(17(16)2)27-15-22(26)25(21-8-3-4-13-24-21)14-18-9-11-19(23)12-10-18/h3-13H,14-15H2,1-2H3. The molecule has 1 heterocycles. The third kappa shape index (κ3) is 4.70. The molecule has 2 aromatic carbocycles. The van der Waals surface area contributed by atoms with Crippen molar-refractivity contribution in [3.63, 3.8) is 0 Å². The van der Waals surface area contributed by atoms with E-state index in [-0.39, 0.29) is 24.9 Å². The third-order valence-corrected chi connectivity index (χ3v) is 4.39. The predicted octanol–water partition coefficient (Wildman–Crippen LogP) is 4.45. The highest BCUT2D eigenvalue weighted by Crippen LogP contribution is 2.21. The molecule has 0 N–H and O–H groups in total. The van der Waals surface area contributed by atoms with E-state index < -0.39 is 0 Å². The van der Waals surface area contributed by atoms with Gasteiger partial charge in [0.25, 0.3) is 5.91 Å². The van der Waals surface area contributed by atoms with Gasteiger partial charge in [-0.05, 0) is 60.9 Å². The molecule has 4 nitrogen and oxygen atoms in total. The predicted molar refractivity (Wildman–Crippen MR) is 103 cm³/mol. The topological polar surface area (TPSA) is 42.4 Å². The normalized spacial score (nSPS) is 10.5. The van der Waals surface area contributed by atoms with Crippen LogP contribution in [0.1, 0.15) is 16.7 Å². The Bertz CT molecular complexity index is 911. The van der Waals surface area contributed by atoms with Crippen molar-refractivity contribution in [1.82, 2.24) is 4.98 Å². The van der Waals surface area contributed by atoms with Crippen LogP contribution in [0.5, 0.6) is 5.75 Å². The van der Waals surface area contributed by atoms with Crippen molar-refractivity contribution in [1.29, 1.82) is 0 Å². The maximum Gasteiger partial charge on any atom is 0.266 e. The maximum absolute atomic E-state index is 13.2. The van der Waals surface area contributed by atoms with E-state index in [9.17, 15) is 9.18 Å². The zero-order chi connectivity index (χ0) is 19.2. The number of ether oxygens (including phenoxy) is 1. The van der Waals surface area contributed by atoms with Crippen LogP contribution in [-0.2, 0) is 11.3 Å². The Kier molecular flexibility index (Phi) is 5.81. The summed E-state index contributed by atoms with van der Waals surface area (Å²) in [7, 11) is 0. The van der Waals surface area contributed by atoms with Gasteiger partial charge in [-0.3, -0.25) is 9.69 Å². The number of carbonyl (C=O) groups excluding carboxylic acids is 1. The van der Waals surface area contributed by atoms with Crippen molar-refractivity contribution in [2.75, 3.05) is 11.5 Å². The number of benzene rings is 2. The highest BCUT2D eigenvalue weighted by molar-refractivity contribution is 5.93. The first kappa shape index (κ1) is 18.6. The van der Waals surface area contributed by atoms with Crippen molar-refractivity contribution in [2.24, 2.45) is 0 Å². The summed E-state index contributed by atoms with van der Waals surface area (Å²) in [5, 5.41) is 0. The average Bonchev–Trinajstić information content (AvgIpc) is 2.69. The lowest BCUT2D eigenvalue weighted by Gasteiger charge is -2.22. The lowest BCUT2D eigenvalue weighted by molar-refractivity contribution is -0.120. The molecule has 0 atom stereocenters. The second-order valence-corrected chi connectivity index (χ2v) is 6.28. The number of rotatable bonds is 6. The summed E-state index contributed by atoms with van der Waals surface area (Å²) in [6, 6.07) is 17.2. The minimum atomic E-state index is -0.312. The van der Waals surface area contributed by atoms with Gasteiger partial charge in [0, 0.05) is 6.20 Å². The molecule has 3 rings (SSSR count). The Balaban J connectivity index is 1.78. The van der Waals surface area contributed by atoms with E-state index in [0.29, 0.717) is 11.6 Å². The number of aryl methyl sites for hydroxylation is 1. The van der Waals surface area contributed by atoms with Gasteiger partial charge in [-0.2, -0.15) is 0 Å². The molecule has 0 saturated carbocycles. The van der Waals surface area contributed by atoms with Gasteiger partial charge in [0.2, 0.25) is 0 Å². The lowest BCUT2D eigenvalue weighted by Crippen LogP contribution is -2.35. The Labute approximate surface area is 158 Å². The van der Waals surface area contributed by atoms with Gasteiger partial charge < -0.3 is 4.74 Å². The van der Waals surface area contributed by atoms with Crippen molar-refractivity contribution in [3.8, 4) is 5.75 Å². The number of halogens is 1. The van der Waals surface area contributed by atoms with Crippen LogP contribution in [0.2, 0.25) is 0 Å². The number of anilines is 1. The SMILES string of the molecule is Cc1cccc(OCC(=O)N(Cc2ccc(F)cc2)c2ccccn2)c1C. The van der Waals surface area contributed by atoms with Gasteiger partial charge >= 0.3 is 0 Å². The smallest absolute Gasteiger partial charge is 0.266 e. The Hall–Kier alpha value is -3.21. The van der Waals surface area contributed by atoms with Crippen LogP contribution in [0.4, 0.5) is 10.2 Å². The van der Waals surface area contributed by atoms with E-state index in [1.165, 1.54) is 12.1 Å². The molecule has 3 aromatic rings. The quantitative estimate of drug-likeness (QED) is 0.649. The molecule has 0 bridgehead atoms. The molecule has 0 spiro atoms. The van der Waals surface area contributed by atoms with Gasteiger partial charge in [-0.25, -0.2) is 9.37 Å². The fourth-order valence-corrected chi connectivity index (χ4v) is 2.68. The molecule has 5 heteroatoms. The highest BCUT2D eigenvalue weighted by atomic mass is 19.1. The highest BCUT2D eigenvalue weighted by Gasteiger charge is 2.18.